The summed E-state index contributed by atoms with van der Waals surface area (Å²) < 4.78 is 0. The molecule has 0 bridgehead atoms. The van der Waals surface area contributed by atoms with Crippen LogP contribution in [0.25, 0.3) is 0 Å². The summed E-state index contributed by atoms with van der Waals surface area (Å²) in [7, 11) is 0. The van der Waals surface area contributed by atoms with Crippen molar-refractivity contribution in [1.29, 1.82) is 5.26 Å². The van der Waals surface area contributed by atoms with Gasteiger partial charge >= 0.3 is 0 Å². The highest BCUT2D eigenvalue weighted by atomic mass is 15.2. The molecule has 0 spiro atoms. The molecule has 0 aromatic rings. The van der Waals surface area contributed by atoms with Crippen LogP contribution >= 0.6 is 0 Å². The standard InChI is InChI=1S/C13H25N3/c1-4-9-15-13(3,11-14)8-10-16(5-2)12-6-7-12/h12,15H,4-10H2,1-3H3. The molecule has 1 aliphatic rings. The van der Waals surface area contributed by atoms with Crippen molar-refractivity contribution >= 4 is 0 Å². The second kappa shape index (κ2) is 6.22. The average molecular weight is 223 g/mol. The molecule has 1 unspecified atom stereocenters. The van der Waals surface area contributed by atoms with E-state index in [1.165, 1.54) is 12.8 Å². The highest BCUT2D eigenvalue weighted by molar-refractivity contribution is 5.04. The number of hydrogen-bond acceptors (Lipinski definition) is 3. The van der Waals surface area contributed by atoms with E-state index in [0.29, 0.717) is 0 Å². The van der Waals surface area contributed by atoms with Gasteiger partial charge in [0, 0.05) is 12.6 Å². The zero-order valence-corrected chi connectivity index (χ0v) is 10.9. The molecule has 0 amide bonds. The summed E-state index contributed by atoms with van der Waals surface area (Å²) >= 11 is 0. The van der Waals surface area contributed by atoms with Gasteiger partial charge in [-0.25, -0.2) is 0 Å². The van der Waals surface area contributed by atoms with Crippen molar-refractivity contribution in [2.24, 2.45) is 0 Å². The summed E-state index contributed by atoms with van der Waals surface area (Å²) in [6, 6.07) is 3.22. The van der Waals surface area contributed by atoms with Crippen molar-refractivity contribution in [3.05, 3.63) is 0 Å². The molecule has 1 saturated carbocycles. The Kier molecular flexibility index (Phi) is 5.24. The summed E-state index contributed by atoms with van der Waals surface area (Å²) in [4.78, 5) is 2.50. The summed E-state index contributed by atoms with van der Waals surface area (Å²) in [5.41, 5.74) is -0.349. The molecule has 0 heterocycles. The lowest BCUT2D eigenvalue weighted by Gasteiger charge is -2.27. The molecular formula is C13H25N3. The van der Waals surface area contributed by atoms with Gasteiger partial charge in [0.05, 0.1) is 6.07 Å². The molecule has 92 valence electrons. The molecule has 1 rings (SSSR count). The Hall–Kier alpha value is -0.590. The van der Waals surface area contributed by atoms with Crippen LogP contribution < -0.4 is 5.32 Å². The lowest BCUT2D eigenvalue weighted by molar-refractivity contribution is 0.246. The second-order valence-electron chi connectivity index (χ2n) is 4.98. The van der Waals surface area contributed by atoms with Crippen LogP contribution in [0, 0.1) is 11.3 Å². The van der Waals surface area contributed by atoms with Crippen molar-refractivity contribution < 1.29 is 0 Å². The van der Waals surface area contributed by atoms with Crippen LogP contribution in [0.1, 0.15) is 46.5 Å². The Morgan fingerprint density at radius 2 is 2.12 bits per heavy atom. The SMILES string of the molecule is CCCNC(C)(C#N)CCN(CC)C1CC1. The third-order valence-corrected chi connectivity index (χ3v) is 3.38. The topological polar surface area (TPSA) is 39.1 Å². The number of hydrogen-bond donors (Lipinski definition) is 1. The first-order chi connectivity index (χ1) is 7.65. The Morgan fingerprint density at radius 1 is 1.44 bits per heavy atom. The smallest absolute Gasteiger partial charge is 0.105 e. The highest BCUT2D eigenvalue weighted by Crippen LogP contribution is 2.27. The average Bonchev–Trinajstić information content (AvgIpc) is 3.11. The molecule has 3 heteroatoms. The molecule has 1 fully saturated rings. The second-order valence-corrected chi connectivity index (χ2v) is 4.98. The van der Waals surface area contributed by atoms with Crippen LogP contribution in [-0.4, -0.2) is 36.1 Å². The zero-order chi connectivity index (χ0) is 12.0. The van der Waals surface area contributed by atoms with Gasteiger partial charge in [-0.1, -0.05) is 13.8 Å². The molecule has 0 aliphatic heterocycles. The van der Waals surface area contributed by atoms with Gasteiger partial charge in [0.1, 0.15) is 5.54 Å². The van der Waals surface area contributed by atoms with Crippen LogP contribution in [0.5, 0.6) is 0 Å². The van der Waals surface area contributed by atoms with E-state index in [-0.39, 0.29) is 5.54 Å². The van der Waals surface area contributed by atoms with Gasteiger partial charge in [-0.15, -0.1) is 0 Å². The van der Waals surface area contributed by atoms with E-state index in [2.05, 4.69) is 30.1 Å². The fourth-order valence-electron chi connectivity index (χ4n) is 1.99. The molecule has 1 atom stereocenters. The molecule has 1 aliphatic carbocycles. The van der Waals surface area contributed by atoms with Crippen molar-refractivity contribution in [3.8, 4) is 6.07 Å². The Labute approximate surface area is 99.8 Å². The van der Waals surface area contributed by atoms with Crippen molar-refractivity contribution in [1.82, 2.24) is 10.2 Å². The van der Waals surface area contributed by atoms with Crippen molar-refractivity contribution in [2.45, 2.75) is 58.0 Å². The predicted octanol–water partition coefficient (Wildman–Crippen LogP) is 2.14. The monoisotopic (exact) mass is 223 g/mol. The number of nitriles is 1. The Morgan fingerprint density at radius 3 is 2.56 bits per heavy atom. The molecule has 0 radical (unpaired) electrons. The van der Waals surface area contributed by atoms with Gasteiger partial charge in [0.2, 0.25) is 0 Å². The van der Waals surface area contributed by atoms with Crippen LogP contribution in [0.3, 0.4) is 0 Å². The number of rotatable bonds is 8. The van der Waals surface area contributed by atoms with Crippen LogP contribution in [0.4, 0.5) is 0 Å². The Bertz CT molecular complexity index is 242. The van der Waals surface area contributed by atoms with Gasteiger partial charge in [-0.2, -0.15) is 5.26 Å². The highest BCUT2D eigenvalue weighted by Gasteiger charge is 2.30. The maximum atomic E-state index is 9.22. The number of nitrogens with one attached hydrogen (secondary N) is 1. The summed E-state index contributed by atoms with van der Waals surface area (Å²) in [6.45, 7) is 9.44. The zero-order valence-electron chi connectivity index (χ0n) is 10.9. The molecule has 0 aromatic carbocycles. The van der Waals surface area contributed by atoms with Crippen LogP contribution in [-0.2, 0) is 0 Å². The minimum atomic E-state index is -0.349. The largest absolute Gasteiger partial charge is 0.301 e. The van der Waals surface area contributed by atoms with Gasteiger partial charge in [-0.05, 0) is 45.7 Å². The molecule has 16 heavy (non-hydrogen) atoms. The first-order valence-corrected chi connectivity index (χ1v) is 6.55. The van der Waals surface area contributed by atoms with Crippen molar-refractivity contribution in [3.63, 3.8) is 0 Å². The first kappa shape index (κ1) is 13.5. The maximum absolute atomic E-state index is 9.22. The lowest BCUT2D eigenvalue weighted by Crippen LogP contribution is -2.44. The van der Waals surface area contributed by atoms with E-state index in [4.69, 9.17) is 0 Å². The minimum Gasteiger partial charge on any atom is -0.301 e. The third-order valence-electron chi connectivity index (χ3n) is 3.38. The lowest BCUT2D eigenvalue weighted by atomic mass is 9.99. The van der Waals surface area contributed by atoms with E-state index in [1.54, 1.807) is 0 Å². The normalized spacial score (nSPS) is 19.4. The fourth-order valence-corrected chi connectivity index (χ4v) is 1.99. The molecule has 3 nitrogen and oxygen atoms in total. The predicted molar refractivity (Wildman–Crippen MR) is 67.2 cm³/mol. The minimum absolute atomic E-state index is 0.349. The van der Waals surface area contributed by atoms with E-state index < -0.39 is 0 Å². The summed E-state index contributed by atoms with van der Waals surface area (Å²) in [5.74, 6) is 0. The molecular weight excluding hydrogens is 198 g/mol. The number of nitrogens with zero attached hydrogens (tertiary/aromatic N) is 2. The third kappa shape index (κ3) is 4.11. The van der Waals surface area contributed by atoms with E-state index in [1.807, 2.05) is 6.92 Å². The molecule has 0 aromatic heterocycles. The van der Waals surface area contributed by atoms with Crippen molar-refractivity contribution in [2.75, 3.05) is 19.6 Å². The van der Waals surface area contributed by atoms with Gasteiger partial charge in [-0.3, -0.25) is 5.32 Å². The summed E-state index contributed by atoms with van der Waals surface area (Å²) in [5, 5.41) is 12.6. The quantitative estimate of drug-likeness (QED) is 0.685. The van der Waals surface area contributed by atoms with E-state index in [0.717, 1.165) is 38.5 Å². The molecule has 0 saturated heterocycles. The maximum Gasteiger partial charge on any atom is 0.105 e. The molecule has 1 N–H and O–H groups in total. The fraction of sp³-hybridized carbons (Fsp3) is 0.923. The van der Waals surface area contributed by atoms with Crippen LogP contribution in [0.15, 0.2) is 0 Å². The van der Waals surface area contributed by atoms with Gasteiger partial charge in [0.15, 0.2) is 0 Å². The first-order valence-electron chi connectivity index (χ1n) is 6.55. The van der Waals surface area contributed by atoms with E-state index >= 15 is 0 Å². The Balaban J connectivity index is 2.34. The van der Waals surface area contributed by atoms with Gasteiger partial charge in [0.25, 0.3) is 0 Å². The van der Waals surface area contributed by atoms with Gasteiger partial charge < -0.3 is 4.90 Å². The van der Waals surface area contributed by atoms with E-state index in [9.17, 15) is 5.26 Å². The summed E-state index contributed by atoms with van der Waals surface area (Å²) in [6.07, 6.45) is 4.70. The van der Waals surface area contributed by atoms with Crippen LogP contribution in [0.2, 0.25) is 0 Å².